The Morgan fingerprint density at radius 3 is 2.72 bits per heavy atom. The second-order valence-electron chi connectivity index (χ2n) is 8.63. The third-order valence-electron chi connectivity index (χ3n) is 6.18. The minimum atomic E-state index is -0.0369. The van der Waals surface area contributed by atoms with Gasteiger partial charge in [-0.2, -0.15) is 5.10 Å². The Bertz CT molecular complexity index is 1080. The van der Waals surface area contributed by atoms with Crippen LogP contribution in [0.4, 0.5) is 5.69 Å². The van der Waals surface area contributed by atoms with E-state index in [-0.39, 0.29) is 24.2 Å². The second kappa shape index (κ2) is 8.52. The molecule has 5 rings (SSSR count). The van der Waals surface area contributed by atoms with Crippen LogP contribution in [0.15, 0.2) is 60.0 Å². The molecule has 3 heterocycles. The molecule has 0 bridgehead atoms. The van der Waals surface area contributed by atoms with Gasteiger partial charge >= 0.3 is 0 Å². The van der Waals surface area contributed by atoms with E-state index in [1.165, 1.54) is 34.0 Å². The Morgan fingerprint density at radius 1 is 1.12 bits per heavy atom. The molecule has 0 radical (unpaired) electrons. The SMILES string of the molecule is Cc1ccc(NC(=O)CSC2=NNC3C4CC(c5cc(C)ccc5C)NN4C=CN23)cc1. The molecule has 3 aliphatic heterocycles. The smallest absolute Gasteiger partial charge is 0.234 e. The molecule has 2 aromatic rings. The van der Waals surface area contributed by atoms with Crippen molar-refractivity contribution in [1.29, 1.82) is 0 Å². The van der Waals surface area contributed by atoms with Crippen molar-refractivity contribution in [2.24, 2.45) is 5.10 Å². The van der Waals surface area contributed by atoms with E-state index in [1.54, 1.807) is 0 Å². The molecule has 166 valence electrons. The molecule has 3 aliphatic rings. The van der Waals surface area contributed by atoms with Crippen LogP contribution in [0.2, 0.25) is 0 Å². The Balaban J connectivity index is 1.20. The number of nitrogens with one attached hydrogen (secondary N) is 3. The van der Waals surface area contributed by atoms with E-state index < -0.39 is 0 Å². The summed E-state index contributed by atoms with van der Waals surface area (Å²) in [6.07, 6.45) is 5.13. The molecule has 2 aromatic carbocycles. The predicted octanol–water partition coefficient (Wildman–Crippen LogP) is 3.59. The number of amidine groups is 1. The van der Waals surface area contributed by atoms with E-state index in [1.807, 2.05) is 37.4 Å². The van der Waals surface area contributed by atoms with E-state index in [0.717, 1.165) is 17.3 Å². The molecule has 1 fully saturated rings. The van der Waals surface area contributed by atoms with Crippen LogP contribution in [-0.4, -0.2) is 38.9 Å². The summed E-state index contributed by atoms with van der Waals surface area (Å²) in [6, 6.07) is 15.0. The topological polar surface area (TPSA) is 72.0 Å². The fourth-order valence-electron chi connectivity index (χ4n) is 4.45. The molecular formula is C24H28N6OS. The summed E-state index contributed by atoms with van der Waals surface area (Å²) in [5, 5.41) is 10.5. The van der Waals surface area contributed by atoms with Crippen LogP contribution < -0.4 is 16.2 Å². The van der Waals surface area contributed by atoms with Gasteiger partial charge in [0.05, 0.1) is 17.8 Å². The molecule has 3 atom stereocenters. The number of carbonyl (C=O) groups excluding carboxylic acids is 1. The number of rotatable bonds is 4. The third-order valence-corrected chi connectivity index (χ3v) is 7.15. The predicted molar refractivity (Wildman–Crippen MR) is 130 cm³/mol. The average molecular weight is 449 g/mol. The van der Waals surface area contributed by atoms with Crippen molar-refractivity contribution in [3.8, 4) is 0 Å². The van der Waals surface area contributed by atoms with E-state index in [2.05, 4.69) is 69.4 Å². The molecule has 8 heteroatoms. The Morgan fingerprint density at radius 2 is 1.91 bits per heavy atom. The monoisotopic (exact) mass is 448 g/mol. The van der Waals surface area contributed by atoms with E-state index in [9.17, 15) is 4.79 Å². The van der Waals surface area contributed by atoms with Gasteiger partial charge < -0.3 is 15.2 Å². The number of aryl methyl sites for hydroxylation is 3. The number of nitrogens with zero attached hydrogens (tertiary/aromatic N) is 3. The van der Waals surface area contributed by atoms with Crippen LogP contribution in [0.5, 0.6) is 0 Å². The van der Waals surface area contributed by atoms with Gasteiger partial charge in [0, 0.05) is 18.1 Å². The van der Waals surface area contributed by atoms with E-state index in [4.69, 9.17) is 0 Å². The first kappa shape index (κ1) is 20.9. The zero-order chi connectivity index (χ0) is 22.2. The first-order valence-corrected chi connectivity index (χ1v) is 11.9. The number of carbonyl (C=O) groups is 1. The van der Waals surface area contributed by atoms with Gasteiger partial charge in [0.2, 0.25) is 5.91 Å². The van der Waals surface area contributed by atoms with Gasteiger partial charge in [0.25, 0.3) is 0 Å². The molecule has 0 aliphatic carbocycles. The van der Waals surface area contributed by atoms with Gasteiger partial charge in [-0.25, -0.2) is 5.43 Å². The summed E-state index contributed by atoms with van der Waals surface area (Å²) < 4.78 is 0. The number of anilines is 1. The maximum atomic E-state index is 12.4. The van der Waals surface area contributed by atoms with Crippen molar-refractivity contribution in [2.45, 2.75) is 45.4 Å². The standard InChI is InChI=1S/C24H28N6OS/c1-15-5-8-18(9-6-15)25-22(31)14-32-24-27-26-23-21-13-20(28-30(21)11-10-29(23)24)19-12-16(2)4-7-17(19)3/h4-12,20-21,23,26,28H,13-14H2,1-3H3,(H,25,31). The summed E-state index contributed by atoms with van der Waals surface area (Å²) in [4.78, 5) is 14.5. The zero-order valence-corrected chi connectivity index (χ0v) is 19.3. The minimum Gasteiger partial charge on any atom is -0.325 e. The summed E-state index contributed by atoms with van der Waals surface area (Å²) in [6.45, 7) is 6.33. The molecule has 7 nitrogen and oxygen atoms in total. The molecule has 3 N–H and O–H groups in total. The molecular weight excluding hydrogens is 420 g/mol. The van der Waals surface area contributed by atoms with Gasteiger partial charge in [-0.3, -0.25) is 10.2 Å². The van der Waals surface area contributed by atoms with Crippen LogP contribution in [-0.2, 0) is 4.79 Å². The number of thioether (sulfide) groups is 1. The number of hydrazone groups is 1. The van der Waals surface area contributed by atoms with Crippen molar-refractivity contribution in [3.63, 3.8) is 0 Å². The minimum absolute atomic E-state index is 0.0369. The number of hydrazine groups is 1. The first-order chi connectivity index (χ1) is 15.5. The number of fused-ring (bicyclic) bond motifs is 3. The average Bonchev–Trinajstić information content (AvgIpc) is 3.39. The van der Waals surface area contributed by atoms with Crippen LogP contribution in [0, 0.1) is 20.8 Å². The number of amides is 1. The Kier molecular flexibility index (Phi) is 5.57. The van der Waals surface area contributed by atoms with Gasteiger partial charge in [-0.05, 0) is 50.5 Å². The molecule has 32 heavy (non-hydrogen) atoms. The van der Waals surface area contributed by atoms with Gasteiger partial charge in [-0.1, -0.05) is 53.2 Å². The largest absolute Gasteiger partial charge is 0.325 e. The lowest BCUT2D eigenvalue weighted by molar-refractivity contribution is -0.113. The summed E-state index contributed by atoms with van der Waals surface area (Å²) >= 11 is 1.45. The maximum absolute atomic E-state index is 12.4. The lowest BCUT2D eigenvalue weighted by Gasteiger charge is -2.36. The van der Waals surface area contributed by atoms with E-state index >= 15 is 0 Å². The Labute approximate surface area is 192 Å². The van der Waals surface area contributed by atoms with Crippen molar-refractivity contribution in [1.82, 2.24) is 20.8 Å². The molecule has 1 saturated heterocycles. The van der Waals surface area contributed by atoms with Crippen LogP contribution in [0.1, 0.15) is 34.7 Å². The lowest BCUT2D eigenvalue weighted by atomic mass is 9.95. The summed E-state index contributed by atoms with van der Waals surface area (Å²) in [7, 11) is 0. The van der Waals surface area contributed by atoms with Crippen molar-refractivity contribution in [2.75, 3.05) is 11.1 Å². The van der Waals surface area contributed by atoms with Crippen LogP contribution >= 0.6 is 11.8 Å². The Hall–Kier alpha value is -2.97. The van der Waals surface area contributed by atoms with Crippen molar-refractivity contribution in [3.05, 3.63) is 77.1 Å². The first-order valence-electron chi connectivity index (χ1n) is 10.9. The summed E-state index contributed by atoms with van der Waals surface area (Å²) in [5.74, 6) is 0.272. The molecule has 3 unspecified atom stereocenters. The molecule has 0 aromatic heterocycles. The van der Waals surface area contributed by atoms with Gasteiger partial charge in [0.15, 0.2) is 5.17 Å². The highest BCUT2D eigenvalue weighted by atomic mass is 32.2. The fourth-order valence-corrected chi connectivity index (χ4v) is 5.23. The van der Waals surface area contributed by atoms with Crippen LogP contribution in [0.3, 0.4) is 0 Å². The quantitative estimate of drug-likeness (QED) is 0.664. The molecule has 1 amide bonds. The number of hydrogen-bond donors (Lipinski definition) is 3. The van der Waals surface area contributed by atoms with E-state index in [0.29, 0.717) is 5.75 Å². The third kappa shape index (κ3) is 4.08. The lowest BCUT2D eigenvalue weighted by Crippen LogP contribution is -2.54. The van der Waals surface area contributed by atoms with Crippen molar-refractivity contribution < 1.29 is 4.79 Å². The fraction of sp³-hybridized carbons (Fsp3) is 0.333. The summed E-state index contributed by atoms with van der Waals surface area (Å²) in [5.41, 5.74) is 12.8. The normalized spacial score (nSPS) is 23.5. The molecule has 0 spiro atoms. The second-order valence-corrected chi connectivity index (χ2v) is 9.57. The zero-order valence-electron chi connectivity index (χ0n) is 18.5. The maximum Gasteiger partial charge on any atom is 0.234 e. The van der Waals surface area contributed by atoms with Gasteiger partial charge in [-0.15, -0.1) is 0 Å². The highest BCUT2D eigenvalue weighted by Crippen LogP contribution is 2.36. The van der Waals surface area contributed by atoms with Crippen molar-refractivity contribution >= 4 is 28.5 Å². The number of hydrogen-bond acceptors (Lipinski definition) is 7. The highest BCUT2D eigenvalue weighted by molar-refractivity contribution is 8.14. The highest BCUT2D eigenvalue weighted by Gasteiger charge is 2.44. The molecule has 0 saturated carbocycles. The van der Waals surface area contributed by atoms with Gasteiger partial charge in [0.1, 0.15) is 6.17 Å². The number of benzene rings is 2. The van der Waals surface area contributed by atoms with Crippen LogP contribution in [0.25, 0.3) is 0 Å².